The van der Waals surface area contributed by atoms with Gasteiger partial charge in [0.2, 0.25) is 0 Å². The van der Waals surface area contributed by atoms with E-state index in [0.717, 1.165) is 25.1 Å². The van der Waals surface area contributed by atoms with Gasteiger partial charge < -0.3 is 15.2 Å². The number of alkyl halides is 3. The predicted molar refractivity (Wildman–Crippen MR) is 103 cm³/mol. The van der Waals surface area contributed by atoms with Crippen LogP contribution in [-0.2, 0) is 11.0 Å². The van der Waals surface area contributed by atoms with Crippen molar-refractivity contribution >= 4 is 26.1 Å². The first-order chi connectivity index (χ1) is 13.0. The number of carbonyl (C=O) groups is 1. The van der Waals surface area contributed by atoms with E-state index in [4.69, 9.17) is 4.74 Å². The molecule has 9 heteroatoms. The van der Waals surface area contributed by atoms with E-state index in [2.05, 4.69) is 5.32 Å². The number of ether oxygens (including phenoxy) is 1. The minimum Gasteiger partial charge on any atom is -0.490 e. The molecule has 154 valence electrons. The zero-order valence-corrected chi connectivity index (χ0v) is 16.8. The molecule has 2 rings (SSSR count). The fraction of sp³-hybridized carbons (Fsp3) is 0.316. The first kappa shape index (κ1) is 23.9. The zero-order valence-electron chi connectivity index (χ0n) is 15.6. The molecule has 2 aromatic carbocycles. The van der Waals surface area contributed by atoms with Crippen molar-refractivity contribution in [2.75, 3.05) is 11.9 Å². The number of aliphatic hydroxyl groups is 1. The van der Waals surface area contributed by atoms with Crippen LogP contribution < -0.4 is 15.4 Å². The fourth-order valence-electron chi connectivity index (χ4n) is 1.97. The van der Waals surface area contributed by atoms with Crippen molar-refractivity contribution in [3.8, 4) is 5.75 Å². The van der Waals surface area contributed by atoms with Crippen LogP contribution in [0.15, 0.2) is 42.5 Å². The molecule has 2 N–H and O–H groups in total. The lowest BCUT2D eigenvalue weighted by atomic mass is 10.1. The fourth-order valence-corrected chi connectivity index (χ4v) is 2.31. The summed E-state index contributed by atoms with van der Waals surface area (Å²) in [5, 5.41) is 12.4. The Kier molecular flexibility index (Phi) is 8.39. The molecule has 2 aromatic rings. The normalized spacial score (nSPS) is 13.0. The quantitative estimate of drug-likeness (QED) is 0.566. The first-order valence-corrected chi connectivity index (χ1v) is 8.96. The van der Waals surface area contributed by atoms with Gasteiger partial charge in [0.05, 0.1) is 5.56 Å². The highest BCUT2D eigenvalue weighted by Crippen LogP contribution is 2.30. The second kappa shape index (κ2) is 9.85. The molecule has 4 nitrogen and oxygen atoms in total. The maximum absolute atomic E-state index is 12.9. The summed E-state index contributed by atoms with van der Waals surface area (Å²) in [6.45, 7) is 4.68. The molecule has 1 amide bonds. The van der Waals surface area contributed by atoms with Crippen molar-refractivity contribution in [2.45, 2.75) is 32.5 Å². The Bertz CT molecular complexity index is 793. The van der Waals surface area contributed by atoms with E-state index in [1.54, 1.807) is 0 Å². The van der Waals surface area contributed by atoms with Gasteiger partial charge in [0.1, 0.15) is 18.2 Å². The van der Waals surface area contributed by atoms with E-state index in [0.29, 0.717) is 0 Å². The minimum absolute atomic E-state index is 0.0677. The summed E-state index contributed by atoms with van der Waals surface area (Å²) in [5.41, 5.74) is -3.05. The van der Waals surface area contributed by atoms with Crippen molar-refractivity contribution in [1.29, 1.82) is 0 Å². The molecule has 0 saturated heterocycles. The van der Waals surface area contributed by atoms with Crippen molar-refractivity contribution in [2.24, 2.45) is 0 Å². The maximum Gasteiger partial charge on any atom is 0.417 e. The summed E-state index contributed by atoms with van der Waals surface area (Å²) in [6.07, 6.45) is -4.58. The van der Waals surface area contributed by atoms with E-state index in [1.165, 1.54) is 24.3 Å². The number of carbonyl (C=O) groups excluding carboxylic acids is 1. The largest absolute Gasteiger partial charge is 0.490 e. The van der Waals surface area contributed by atoms with E-state index >= 15 is 0 Å². The van der Waals surface area contributed by atoms with Crippen molar-refractivity contribution < 1.29 is 32.2 Å². The maximum atomic E-state index is 12.9. The molecule has 0 radical (unpaired) electrons. The summed E-state index contributed by atoms with van der Waals surface area (Å²) in [7, 11) is 1.97. The molecule has 1 unspecified atom stereocenters. The molecule has 0 aliphatic heterocycles. The van der Waals surface area contributed by atoms with E-state index in [-0.39, 0.29) is 16.7 Å². The number of benzene rings is 2. The molecule has 28 heavy (non-hydrogen) atoms. The molecular weight excluding hydrogens is 397 g/mol. The van der Waals surface area contributed by atoms with Crippen molar-refractivity contribution in [3.05, 3.63) is 53.8 Å². The minimum atomic E-state index is -4.58. The SMILES string of the molecule is CC.C[C@](O)(COc1ccc(F)cc1)C(=O)Nc1ccc(P)c(C(F)(F)F)c1. The van der Waals surface area contributed by atoms with Crippen molar-refractivity contribution in [1.82, 2.24) is 0 Å². The van der Waals surface area contributed by atoms with Gasteiger partial charge in [0.15, 0.2) is 5.60 Å². The molecule has 0 aliphatic carbocycles. The third-order valence-corrected chi connectivity index (χ3v) is 3.94. The molecule has 0 heterocycles. The molecule has 0 aromatic heterocycles. The standard InChI is InChI=1S/C17H16F4NO3P.C2H6/c1-16(24,9-25-12-5-2-10(18)3-6-12)15(23)22-11-4-7-14(26)13(8-11)17(19,20)21;1-2/h2-8,24H,9,26H2,1H3,(H,22,23);1-2H3/t16-;/m0./s1. The number of amides is 1. The monoisotopic (exact) mass is 419 g/mol. The van der Waals surface area contributed by atoms with Gasteiger partial charge in [-0.2, -0.15) is 13.2 Å². The van der Waals surface area contributed by atoms with Gasteiger partial charge in [0.25, 0.3) is 5.91 Å². The lowest BCUT2D eigenvalue weighted by Crippen LogP contribution is -2.45. The van der Waals surface area contributed by atoms with Crippen LogP contribution in [0.1, 0.15) is 26.3 Å². The Morgan fingerprint density at radius 3 is 2.25 bits per heavy atom. The number of anilines is 1. The summed E-state index contributed by atoms with van der Waals surface area (Å²) < 4.78 is 56.8. The lowest BCUT2D eigenvalue weighted by molar-refractivity contribution is -0.137. The van der Waals surface area contributed by atoms with Crippen LogP contribution in [-0.4, -0.2) is 23.2 Å². The molecule has 0 saturated carbocycles. The summed E-state index contributed by atoms with van der Waals surface area (Å²) in [6, 6.07) is 8.17. The molecule has 0 bridgehead atoms. The second-order valence-corrected chi connectivity index (χ2v) is 6.39. The summed E-state index contributed by atoms with van der Waals surface area (Å²) in [5.74, 6) is -1.18. The second-order valence-electron chi connectivity index (χ2n) is 5.77. The van der Waals surface area contributed by atoms with Gasteiger partial charge in [0, 0.05) is 5.69 Å². The first-order valence-electron chi connectivity index (χ1n) is 8.38. The number of halogens is 4. The average Bonchev–Trinajstić information content (AvgIpc) is 2.63. The third-order valence-electron chi connectivity index (χ3n) is 3.44. The number of hydrogen-bond donors (Lipinski definition) is 2. The summed E-state index contributed by atoms with van der Waals surface area (Å²) in [4.78, 5) is 12.2. The van der Waals surface area contributed by atoms with E-state index in [1.807, 2.05) is 23.1 Å². The van der Waals surface area contributed by atoms with Gasteiger partial charge in [-0.15, -0.1) is 9.24 Å². The number of rotatable bonds is 5. The van der Waals surface area contributed by atoms with Crippen LogP contribution >= 0.6 is 9.24 Å². The van der Waals surface area contributed by atoms with Crippen LogP contribution in [0, 0.1) is 5.82 Å². The van der Waals surface area contributed by atoms with Gasteiger partial charge in [-0.05, 0) is 48.6 Å². The van der Waals surface area contributed by atoms with Gasteiger partial charge >= 0.3 is 6.18 Å². The molecule has 0 spiro atoms. The lowest BCUT2D eigenvalue weighted by Gasteiger charge is -2.23. The summed E-state index contributed by atoms with van der Waals surface area (Å²) >= 11 is 0. The van der Waals surface area contributed by atoms with E-state index in [9.17, 15) is 27.5 Å². The Labute approximate surface area is 163 Å². The third kappa shape index (κ3) is 6.77. The number of nitrogens with one attached hydrogen (secondary N) is 1. The van der Waals surface area contributed by atoms with Crippen LogP contribution in [0.25, 0.3) is 0 Å². The highest BCUT2D eigenvalue weighted by molar-refractivity contribution is 7.27. The van der Waals surface area contributed by atoms with Gasteiger partial charge in [-0.1, -0.05) is 19.9 Å². The van der Waals surface area contributed by atoms with Gasteiger partial charge in [-0.25, -0.2) is 4.39 Å². The predicted octanol–water partition coefficient (Wildman–Crippen LogP) is 4.14. The van der Waals surface area contributed by atoms with Crippen LogP contribution in [0.5, 0.6) is 5.75 Å². The Balaban J connectivity index is 0.00000190. The molecular formula is C19H22F4NO3P. The zero-order chi connectivity index (χ0) is 21.5. The average molecular weight is 419 g/mol. The molecule has 0 aliphatic rings. The molecule has 2 atom stereocenters. The molecule has 0 fully saturated rings. The van der Waals surface area contributed by atoms with Crippen LogP contribution in [0.2, 0.25) is 0 Å². The highest BCUT2D eigenvalue weighted by atomic mass is 31.0. The topological polar surface area (TPSA) is 58.6 Å². The Morgan fingerprint density at radius 1 is 1.14 bits per heavy atom. The Hall–Kier alpha value is -2.18. The smallest absolute Gasteiger partial charge is 0.417 e. The van der Waals surface area contributed by atoms with Crippen LogP contribution in [0.4, 0.5) is 23.2 Å². The van der Waals surface area contributed by atoms with Crippen LogP contribution in [0.3, 0.4) is 0 Å². The van der Waals surface area contributed by atoms with E-state index < -0.39 is 35.7 Å². The van der Waals surface area contributed by atoms with Gasteiger partial charge in [-0.3, -0.25) is 4.79 Å². The highest BCUT2D eigenvalue weighted by Gasteiger charge is 2.34. The number of hydrogen-bond acceptors (Lipinski definition) is 3. The Morgan fingerprint density at radius 2 is 1.71 bits per heavy atom. The van der Waals surface area contributed by atoms with Crippen molar-refractivity contribution in [3.63, 3.8) is 0 Å².